The Morgan fingerprint density at radius 2 is 0.753 bits per heavy atom. The Morgan fingerprint density at radius 1 is 0.469 bits per heavy atom. The standard InChI is InChI=1S/C46H82N6O29/c1-74-43(39(70)49-9-7-5-6-8-26(47)65)11-19(58)28(36(79-43)32(67)23(62)15-54)51-41(72)45(76-3)13-21(60)30(38(81-45)34(69)25(64)17-56)52-42(73)46(77-4)12-20(59)29(37(80-46)33(68)24(63)16-55)50-40(71)44(75-2)10-18(57)27(48)35(78-44)31(66)22(61)14-53/h18-25,27-38,53-64,66-69H,5-17,48H2,1-4H3,(H2,47,65)(H,49,70)(H,50,71)(H,51,72)(H,52,73)/t18-,19-,20-,21-,22+,23+,24+,25+,27+,28+,29+,30+,31+,32+,33+,34+,35+,36+,37+,38+,43-,44-,45-,46-/m0/s1. The van der Waals surface area contributed by atoms with Crippen molar-refractivity contribution in [3.05, 3.63) is 0 Å². The predicted octanol–water partition coefficient (Wildman–Crippen LogP) is -13.2. The summed E-state index contributed by atoms with van der Waals surface area (Å²) >= 11 is 0. The van der Waals surface area contributed by atoms with Gasteiger partial charge in [-0.05, 0) is 12.8 Å². The van der Waals surface area contributed by atoms with Crippen molar-refractivity contribution in [1.82, 2.24) is 21.3 Å². The lowest BCUT2D eigenvalue weighted by atomic mass is 9.85. The van der Waals surface area contributed by atoms with Crippen molar-refractivity contribution in [2.24, 2.45) is 11.5 Å². The zero-order valence-electron chi connectivity index (χ0n) is 44.9. The van der Waals surface area contributed by atoms with Gasteiger partial charge in [0.1, 0.15) is 73.2 Å². The number of hydrogen-bond donors (Lipinski definition) is 22. The number of methoxy groups -OCH3 is 4. The number of aliphatic hydroxyl groups is 16. The van der Waals surface area contributed by atoms with E-state index >= 15 is 0 Å². The highest BCUT2D eigenvalue weighted by atomic mass is 16.7. The van der Waals surface area contributed by atoms with Crippen LogP contribution in [0.1, 0.15) is 51.4 Å². The van der Waals surface area contributed by atoms with E-state index in [0.717, 1.165) is 28.4 Å². The van der Waals surface area contributed by atoms with Crippen molar-refractivity contribution >= 4 is 29.5 Å². The number of aliphatic hydroxyl groups excluding tert-OH is 16. The van der Waals surface area contributed by atoms with Crippen LogP contribution in [0, 0.1) is 0 Å². The lowest BCUT2D eigenvalue weighted by molar-refractivity contribution is -0.310. The minimum absolute atomic E-state index is 0.00405. The SMILES string of the molecule is CO[C@@]1(C(=O)N[C@H]2[C@H]([C@H](O)[C@H](O)CO)O[C@](OC)(C(=O)N[C@H]3[C@H]([C@H](O)[C@H](O)CO)O[C@](OC)(C(=O)N[C@H]4[C@H]([C@H](O)[C@H](O)CO)O[C@](OC)(C(=O)NCCCCCC(N)=O)C[C@@H]4O)C[C@@H]3O)C[C@@H]2O)C[C@H](O)[C@@H](N)[C@H]([C@H](O)[C@H](O)CO)O1. The second-order valence-electron chi connectivity index (χ2n) is 20.3. The van der Waals surface area contributed by atoms with Gasteiger partial charge in [-0.15, -0.1) is 0 Å². The highest BCUT2D eigenvalue weighted by molar-refractivity contribution is 5.87. The van der Waals surface area contributed by atoms with E-state index in [1.165, 1.54) is 0 Å². The van der Waals surface area contributed by atoms with E-state index in [2.05, 4.69) is 21.3 Å². The molecule has 4 aliphatic heterocycles. The second-order valence-corrected chi connectivity index (χ2v) is 20.3. The lowest BCUT2D eigenvalue weighted by Crippen LogP contribution is -2.74. The van der Waals surface area contributed by atoms with Gasteiger partial charge in [-0.25, -0.2) is 0 Å². The fraction of sp³-hybridized carbons (Fsp3) is 0.891. The van der Waals surface area contributed by atoms with Gasteiger partial charge >= 0.3 is 0 Å². The zero-order valence-corrected chi connectivity index (χ0v) is 44.9. The Kier molecular flexibility index (Phi) is 25.8. The van der Waals surface area contributed by atoms with E-state index < -0.39 is 227 Å². The molecule has 35 nitrogen and oxygen atoms in total. The summed E-state index contributed by atoms with van der Waals surface area (Å²) < 4.78 is 45.1. The topological polar surface area (TPSA) is 583 Å². The number of unbranched alkanes of at least 4 members (excludes halogenated alkanes) is 2. The quantitative estimate of drug-likeness (QED) is 0.0309. The Hall–Kier alpha value is -3.65. The molecule has 4 fully saturated rings. The molecule has 4 heterocycles. The van der Waals surface area contributed by atoms with E-state index in [0.29, 0.717) is 19.3 Å². The molecule has 4 saturated heterocycles. The highest BCUT2D eigenvalue weighted by Crippen LogP contribution is 2.40. The number of carbonyl (C=O) groups excluding carboxylic acids is 5. The molecule has 0 aromatic heterocycles. The summed E-state index contributed by atoms with van der Waals surface area (Å²) in [4.78, 5) is 68.0. The molecule has 0 spiro atoms. The third-order valence-electron chi connectivity index (χ3n) is 15.0. The van der Waals surface area contributed by atoms with Crippen molar-refractivity contribution in [2.45, 2.75) is 196 Å². The van der Waals surface area contributed by atoms with Crippen LogP contribution < -0.4 is 32.7 Å². The normalized spacial score (nSPS) is 37.5. The predicted molar refractivity (Wildman–Crippen MR) is 262 cm³/mol. The number of nitrogens with two attached hydrogens (primary N) is 2. The number of carbonyl (C=O) groups is 5. The van der Waals surface area contributed by atoms with Gasteiger partial charge in [0, 0.05) is 67.1 Å². The van der Waals surface area contributed by atoms with Crippen molar-refractivity contribution < 1.29 is 144 Å². The third-order valence-corrected chi connectivity index (χ3v) is 15.0. The van der Waals surface area contributed by atoms with Gasteiger partial charge in [-0.2, -0.15) is 0 Å². The Bertz CT molecular complexity index is 2060. The Morgan fingerprint density at radius 3 is 1.05 bits per heavy atom. The van der Waals surface area contributed by atoms with E-state index in [1.54, 1.807) is 0 Å². The van der Waals surface area contributed by atoms with Crippen LogP contribution >= 0.6 is 0 Å². The molecule has 5 amide bonds. The minimum atomic E-state index is -2.88. The maximum Gasteiger partial charge on any atom is 0.280 e. The molecule has 4 rings (SSSR count). The molecular formula is C46H82N6O29. The van der Waals surface area contributed by atoms with E-state index in [1.807, 2.05) is 0 Å². The summed E-state index contributed by atoms with van der Waals surface area (Å²) in [6, 6.07) is -7.38. The number of ether oxygens (including phenoxy) is 8. The van der Waals surface area contributed by atoms with Crippen molar-refractivity contribution in [3.8, 4) is 0 Å². The molecular weight excluding hydrogens is 1100 g/mol. The largest absolute Gasteiger partial charge is 0.394 e. The van der Waals surface area contributed by atoms with Gasteiger partial charge in [0.15, 0.2) is 0 Å². The molecule has 470 valence electrons. The van der Waals surface area contributed by atoms with Crippen LogP contribution in [0.25, 0.3) is 0 Å². The maximum absolute atomic E-state index is 14.6. The summed E-state index contributed by atoms with van der Waals surface area (Å²) in [6.45, 7) is -4.57. The number of nitrogens with one attached hydrogen (secondary N) is 4. The van der Waals surface area contributed by atoms with Crippen LogP contribution in [-0.4, -0.2) is 318 Å². The van der Waals surface area contributed by atoms with E-state index in [9.17, 15) is 106 Å². The average molecular weight is 1180 g/mol. The maximum atomic E-state index is 14.6. The van der Waals surface area contributed by atoms with Crippen molar-refractivity contribution in [2.75, 3.05) is 61.4 Å². The first kappa shape index (κ1) is 69.8. The first-order valence-corrected chi connectivity index (χ1v) is 25.8. The highest BCUT2D eigenvalue weighted by Gasteiger charge is 2.62. The van der Waals surface area contributed by atoms with Crippen LogP contribution in [0.4, 0.5) is 0 Å². The van der Waals surface area contributed by atoms with Crippen LogP contribution in [-0.2, 0) is 61.9 Å². The second kappa shape index (κ2) is 29.9. The molecule has 0 aliphatic carbocycles. The number of amides is 5. The number of hydrogen-bond acceptors (Lipinski definition) is 30. The van der Waals surface area contributed by atoms with Gasteiger partial charge in [0.25, 0.3) is 46.8 Å². The fourth-order valence-corrected chi connectivity index (χ4v) is 10.1. The van der Waals surface area contributed by atoms with Crippen LogP contribution in [0.2, 0.25) is 0 Å². The zero-order chi connectivity index (χ0) is 61.1. The molecule has 0 saturated carbocycles. The summed E-state index contributed by atoms with van der Waals surface area (Å²) in [6.07, 6.45) is -35.9. The molecule has 35 heteroatoms. The molecule has 0 aromatic carbocycles. The molecule has 81 heavy (non-hydrogen) atoms. The van der Waals surface area contributed by atoms with Crippen LogP contribution in [0.5, 0.6) is 0 Å². The third kappa shape index (κ3) is 15.4. The van der Waals surface area contributed by atoms with Gasteiger partial charge in [-0.1, -0.05) is 6.42 Å². The molecule has 24 N–H and O–H groups in total. The summed E-state index contributed by atoms with van der Waals surface area (Å²) in [5.74, 6) is -16.7. The first-order valence-electron chi connectivity index (χ1n) is 25.8. The molecule has 0 unspecified atom stereocenters. The van der Waals surface area contributed by atoms with Gasteiger partial charge < -0.3 is 152 Å². The van der Waals surface area contributed by atoms with Crippen LogP contribution in [0.15, 0.2) is 0 Å². The molecule has 24 atom stereocenters. The number of primary amides is 1. The molecule has 0 radical (unpaired) electrons. The lowest BCUT2D eigenvalue weighted by Gasteiger charge is -2.51. The van der Waals surface area contributed by atoms with E-state index in [4.69, 9.17) is 49.4 Å². The Balaban J connectivity index is 1.66. The van der Waals surface area contributed by atoms with Crippen LogP contribution in [0.3, 0.4) is 0 Å². The minimum Gasteiger partial charge on any atom is -0.394 e. The molecule has 0 bridgehead atoms. The van der Waals surface area contributed by atoms with Gasteiger partial charge in [-0.3, -0.25) is 24.0 Å². The molecule has 0 aromatic rings. The number of rotatable bonds is 29. The fourth-order valence-electron chi connectivity index (χ4n) is 10.1. The van der Waals surface area contributed by atoms with E-state index in [-0.39, 0.29) is 13.0 Å². The van der Waals surface area contributed by atoms with Gasteiger partial charge in [0.05, 0.1) is 75.0 Å². The smallest absolute Gasteiger partial charge is 0.280 e. The average Bonchev–Trinajstić information content (AvgIpc) is 3.66. The summed E-state index contributed by atoms with van der Waals surface area (Å²) in [7, 11) is 3.62. The summed E-state index contributed by atoms with van der Waals surface area (Å²) in [5.41, 5.74) is 11.2. The van der Waals surface area contributed by atoms with Crippen molar-refractivity contribution in [3.63, 3.8) is 0 Å². The van der Waals surface area contributed by atoms with Gasteiger partial charge in [0.2, 0.25) is 5.91 Å². The monoisotopic (exact) mass is 1180 g/mol. The first-order chi connectivity index (χ1) is 38.0. The van der Waals surface area contributed by atoms with Crippen molar-refractivity contribution in [1.29, 1.82) is 0 Å². The summed E-state index contributed by atoms with van der Waals surface area (Å²) in [5, 5.41) is 181. The Labute approximate surface area is 462 Å². The molecule has 4 aliphatic rings.